The minimum atomic E-state index is -0.658. The minimum Gasteiger partial charge on any atom is -0.291 e. The standard InChI is InChI=1S/C20H17N5O2S/c1-3-12-28-20-22-18(27)17-14-8-4-5-10-16(14)24(13(2)26)19(25(17)23-20)15-9-6-7-11-21-15/h3-11,19H,1,12H2,2H3/p+1/t19-/m1/s1. The number of rotatable bonds is 4. The van der Waals surface area contributed by atoms with Gasteiger partial charge in [-0.05, 0) is 28.9 Å². The van der Waals surface area contributed by atoms with Crippen LogP contribution in [-0.4, -0.2) is 26.7 Å². The monoisotopic (exact) mass is 392 g/mol. The van der Waals surface area contributed by atoms with Crippen LogP contribution in [0, 0.1) is 0 Å². The number of para-hydroxylation sites is 1. The molecule has 3 heterocycles. The zero-order valence-electron chi connectivity index (χ0n) is 15.2. The largest absolute Gasteiger partial charge is 0.325 e. The molecule has 3 aromatic rings. The van der Waals surface area contributed by atoms with Crippen molar-refractivity contribution in [2.24, 2.45) is 0 Å². The highest BCUT2D eigenvalue weighted by atomic mass is 32.2. The number of aromatic nitrogens is 4. The van der Waals surface area contributed by atoms with E-state index in [9.17, 15) is 9.59 Å². The Hall–Kier alpha value is -3.26. The predicted molar refractivity (Wildman–Crippen MR) is 107 cm³/mol. The molecule has 0 spiro atoms. The third kappa shape index (κ3) is 3.01. The summed E-state index contributed by atoms with van der Waals surface area (Å²) in [5.74, 6) is 0.437. The summed E-state index contributed by atoms with van der Waals surface area (Å²) in [6.45, 7) is 5.20. The van der Waals surface area contributed by atoms with Gasteiger partial charge in [-0.15, -0.1) is 6.58 Å². The van der Waals surface area contributed by atoms with Crippen LogP contribution in [0.4, 0.5) is 5.69 Å². The lowest BCUT2D eigenvalue weighted by molar-refractivity contribution is -0.763. The Balaban J connectivity index is 2.03. The molecule has 1 amide bonds. The molecule has 0 saturated heterocycles. The van der Waals surface area contributed by atoms with E-state index < -0.39 is 6.17 Å². The van der Waals surface area contributed by atoms with Gasteiger partial charge in [0.05, 0.1) is 11.3 Å². The fourth-order valence-corrected chi connectivity index (χ4v) is 3.90. The van der Waals surface area contributed by atoms with Gasteiger partial charge in [0.2, 0.25) is 11.1 Å². The lowest BCUT2D eigenvalue weighted by Gasteiger charge is -2.30. The molecule has 0 bridgehead atoms. The zero-order chi connectivity index (χ0) is 19.7. The smallest absolute Gasteiger partial charge is 0.291 e. The van der Waals surface area contributed by atoms with E-state index >= 15 is 0 Å². The molecule has 1 aliphatic rings. The first-order chi connectivity index (χ1) is 13.6. The number of aromatic amines is 1. The quantitative estimate of drug-likeness (QED) is 0.419. The molecular formula is C20H18N5O2S+. The average Bonchev–Trinajstić information content (AvgIpc) is 2.71. The number of nitrogens with zero attached hydrogens (tertiary/aromatic N) is 4. The van der Waals surface area contributed by atoms with Crippen LogP contribution in [0.1, 0.15) is 18.8 Å². The Kier molecular flexibility index (Phi) is 4.79. The topological polar surface area (TPSA) is 82.8 Å². The summed E-state index contributed by atoms with van der Waals surface area (Å²) >= 11 is 1.37. The van der Waals surface area contributed by atoms with Crippen LogP contribution in [0.25, 0.3) is 11.3 Å². The molecule has 4 rings (SSSR count). The van der Waals surface area contributed by atoms with Crippen molar-refractivity contribution >= 4 is 23.4 Å². The Morgan fingerprint density at radius 2 is 2.11 bits per heavy atom. The molecule has 0 radical (unpaired) electrons. The number of anilines is 1. The molecule has 1 atom stereocenters. The SMILES string of the molecule is C=CCSc1n[n+]2c(c(=O)[nH]1)-c1ccccc1N(C(C)=O)[C@H]2c1ccccn1. The summed E-state index contributed by atoms with van der Waals surface area (Å²) in [5, 5.41) is 5.10. The van der Waals surface area contributed by atoms with Gasteiger partial charge < -0.3 is 0 Å². The van der Waals surface area contributed by atoms with Crippen molar-refractivity contribution in [1.82, 2.24) is 15.1 Å². The first kappa shape index (κ1) is 18.1. The lowest BCUT2D eigenvalue weighted by atomic mass is 10.0. The van der Waals surface area contributed by atoms with Gasteiger partial charge >= 0.3 is 17.4 Å². The van der Waals surface area contributed by atoms with Gasteiger partial charge in [0.15, 0.2) is 0 Å². The van der Waals surface area contributed by atoms with E-state index in [4.69, 9.17) is 0 Å². The highest BCUT2D eigenvalue weighted by Crippen LogP contribution is 2.36. The van der Waals surface area contributed by atoms with Crippen molar-refractivity contribution in [1.29, 1.82) is 0 Å². The molecule has 8 heteroatoms. The summed E-state index contributed by atoms with van der Waals surface area (Å²) in [5.41, 5.74) is 2.06. The number of nitrogens with one attached hydrogen (secondary N) is 1. The fourth-order valence-electron chi connectivity index (χ4n) is 3.31. The van der Waals surface area contributed by atoms with Crippen LogP contribution in [0.5, 0.6) is 0 Å². The Bertz CT molecular complexity index is 1110. The van der Waals surface area contributed by atoms with E-state index in [0.717, 1.165) is 0 Å². The van der Waals surface area contributed by atoms with Crippen LogP contribution < -0.4 is 15.1 Å². The normalized spacial score (nSPS) is 14.9. The van der Waals surface area contributed by atoms with Crippen molar-refractivity contribution in [2.75, 3.05) is 10.7 Å². The Labute approximate surface area is 165 Å². The number of hydrogen-bond donors (Lipinski definition) is 1. The van der Waals surface area contributed by atoms with Gasteiger partial charge in [-0.1, -0.05) is 36.0 Å². The number of carbonyl (C=O) groups excluding carboxylic acids is 1. The number of fused-ring (bicyclic) bond motifs is 3. The van der Waals surface area contributed by atoms with Crippen molar-refractivity contribution in [3.63, 3.8) is 0 Å². The maximum Gasteiger partial charge on any atom is 0.325 e. The molecule has 1 aromatic carbocycles. The number of hydrogen-bond acceptors (Lipinski definition) is 5. The van der Waals surface area contributed by atoms with Crippen molar-refractivity contribution < 1.29 is 9.48 Å². The molecule has 2 aromatic heterocycles. The van der Waals surface area contributed by atoms with Crippen LogP contribution >= 0.6 is 11.8 Å². The summed E-state index contributed by atoms with van der Waals surface area (Å²) in [6.07, 6.45) is 2.74. The maximum absolute atomic E-state index is 13.0. The molecule has 0 unspecified atom stereocenters. The van der Waals surface area contributed by atoms with E-state index in [2.05, 4.69) is 21.6 Å². The second kappa shape index (κ2) is 7.40. The second-order valence-electron chi connectivity index (χ2n) is 6.19. The van der Waals surface area contributed by atoms with Gasteiger partial charge in [-0.25, -0.2) is 4.90 Å². The predicted octanol–water partition coefficient (Wildman–Crippen LogP) is 2.31. The summed E-state index contributed by atoms with van der Waals surface area (Å²) in [4.78, 5) is 34.5. The second-order valence-corrected chi connectivity index (χ2v) is 7.20. The summed E-state index contributed by atoms with van der Waals surface area (Å²) < 4.78 is 1.59. The highest BCUT2D eigenvalue weighted by molar-refractivity contribution is 7.99. The van der Waals surface area contributed by atoms with Crippen LogP contribution in [-0.2, 0) is 4.79 Å². The zero-order valence-corrected chi connectivity index (χ0v) is 16.0. The third-order valence-corrected chi connectivity index (χ3v) is 5.25. The van der Waals surface area contributed by atoms with Gasteiger partial charge in [-0.2, -0.15) is 0 Å². The fraction of sp³-hybridized carbons (Fsp3) is 0.150. The molecule has 28 heavy (non-hydrogen) atoms. The molecule has 140 valence electrons. The molecule has 1 N–H and O–H groups in total. The Morgan fingerprint density at radius 1 is 1.32 bits per heavy atom. The van der Waals surface area contributed by atoms with Crippen molar-refractivity contribution in [3.05, 3.63) is 77.4 Å². The first-order valence-corrected chi connectivity index (χ1v) is 9.70. The highest BCUT2D eigenvalue weighted by Gasteiger charge is 2.45. The van der Waals surface area contributed by atoms with Crippen LogP contribution in [0.2, 0.25) is 0 Å². The van der Waals surface area contributed by atoms with Gasteiger partial charge in [0.1, 0.15) is 5.69 Å². The number of pyridine rings is 1. The lowest BCUT2D eigenvalue weighted by Crippen LogP contribution is -2.60. The summed E-state index contributed by atoms with van der Waals surface area (Å²) in [7, 11) is 0. The van der Waals surface area contributed by atoms with E-state index in [1.54, 1.807) is 27.9 Å². The first-order valence-electron chi connectivity index (χ1n) is 8.71. The van der Waals surface area contributed by atoms with E-state index in [-0.39, 0.29) is 11.5 Å². The van der Waals surface area contributed by atoms with E-state index in [1.807, 2.05) is 36.4 Å². The number of amides is 1. The maximum atomic E-state index is 13.0. The number of benzene rings is 1. The van der Waals surface area contributed by atoms with E-state index in [0.29, 0.717) is 33.5 Å². The minimum absolute atomic E-state index is 0.163. The average molecular weight is 392 g/mol. The van der Waals surface area contributed by atoms with Crippen LogP contribution in [0.3, 0.4) is 0 Å². The van der Waals surface area contributed by atoms with Crippen molar-refractivity contribution in [2.45, 2.75) is 18.2 Å². The molecule has 0 saturated carbocycles. The molecule has 7 nitrogen and oxygen atoms in total. The number of H-pyrrole nitrogens is 1. The molecule has 1 aliphatic heterocycles. The molecular weight excluding hydrogens is 374 g/mol. The van der Waals surface area contributed by atoms with Crippen LogP contribution in [0.15, 0.2) is 71.3 Å². The third-order valence-electron chi connectivity index (χ3n) is 4.39. The van der Waals surface area contributed by atoms with Gasteiger partial charge in [0, 0.05) is 24.0 Å². The van der Waals surface area contributed by atoms with Gasteiger partial charge in [0.25, 0.3) is 0 Å². The van der Waals surface area contributed by atoms with E-state index in [1.165, 1.54) is 18.7 Å². The summed E-state index contributed by atoms with van der Waals surface area (Å²) in [6, 6.07) is 12.8. The van der Waals surface area contributed by atoms with Gasteiger partial charge in [-0.3, -0.25) is 19.6 Å². The molecule has 0 aliphatic carbocycles. The number of thioether (sulfide) groups is 1. The Morgan fingerprint density at radius 3 is 2.82 bits per heavy atom. The molecule has 0 fully saturated rings. The number of carbonyl (C=O) groups is 1. The van der Waals surface area contributed by atoms with Crippen molar-refractivity contribution in [3.8, 4) is 11.3 Å².